The number of anilines is 1. The quantitative estimate of drug-likeness (QED) is 0.503. The molecule has 1 amide bonds. The molecule has 0 aliphatic heterocycles. The van der Waals surface area contributed by atoms with Gasteiger partial charge in [0.05, 0.1) is 0 Å². The van der Waals surface area contributed by atoms with Gasteiger partial charge in [-0.1, -0.05) is 42.5 Å². The number of esters is 1. The Morgan fingerprint density at radius 3 is 2.26 bits per heavy atom. The van der Waals surface area contributed by atoms with Crippen LogP contribution in [0.1, 0.15) is 15.9 Å². The zero-order chi connectivity index (χ0) is 22.1. The molecule has 0 fully saturated rings. The molecular formula is C23H19F2NO5. The molecule has 1 N–H and O–H groups in total. The van der Waals surface area contributed by atoms with Gasteiger partial charge in [0, 0.05) is 5.69 Å². The van der Waals surface area contributed by atoms with E-state index in [1.807, 2.05) is 30.3 Å². The summed E-state index contributed by atoms with van der Waals surface area (Å²) in [6.07, 6.45) is 0. The SMILES string of the molecule is O=C(COC(=O)c1ccccc1OCc1ccccc1)Nc1ccc(OC(F)F)cc1. The van der Waals surface area contributed by atoms with Gasteiger partial charge in [0.2, 0.25) is 0 Å². The number of alkyl halides is 2. The molecule has 0 aliphatic carbocycles. The van der Waals surface area contributed by atoms with Crippen LogP contribution >= 0.6 is 0 Å². The summed E-state index contributed by atoms with van der Waals surface area (Å²) >= 11 is 0. The second-order valence-corrected chi connectivity index (χ2v) is 6.30. The van der Waals surface area contributed by atoms with E-state index < -0.39 is 25.1 Å². The lowest BCUT2D eigenvalue weighted by Crippen LogP contribution is -2.21. The van der Waals surface area contributed by atoms with Crippen LogP contribution in [0.4, 0.5) is 14.5 Å². The van der Waals surface area contributed by atoms with E-state index in [9.17, 15) is 18.4 Å². The van der Waals surface area contributed by atoms with Gasteiger partial charge in [-0.2, -0.15) is 8.78 Å². The summed E-state index contributed by atoms with van der Waals surface area (Å²) in [7, 11) is 0. The normalized spacial score (nSPS) is 10.4. The molecule has 3 aromatic rings. The molecule has 160 valence electrons. The molecule has 6 nitrogen and oxygen atoms in total. The Morgan fingerprint density at radius 2 is 1.55 bits per heavy atom. The van der Waals surface area contributed by atoms with Crippen LogP contribution in [0.2, 0.25) is 0 Å². The molecule has 3 aromatic carbocycles. The highest BCUT2D eigenvalue weighted by molar-refractivity contribution is 5.96. The van der Waals surface area contributed by atoms with Crippen LogP contribution in [-0.2, 0) is 16.1 Å². The predicted molar refractivity (Wildman–Crippen MR) is 109 cm³/mol. The number of hydrogen-bond acceptors (Lipinski definition) is 5. The number of carbonyl (C=O) groups excluding carboxylic acids is 2. The van der Waals surface area contributed by atoms with Gasteiger partial charge in [0.25, 0.3) is 5.91 Å². The number of carbonyl (C=O) groups is 2. The highest BCUT2D eigenvalue weighted by atomic mass is 19.3. The second-order valence-electron chi connectivity index (χ2n) is 6.30. The van der Waals surface area contributed by atoms with Gasteiger partial charge in [-0.15, -0.1) is 0 Å². The zero-order valence-corrected chi connectivity index (χ0v) is 16.3. The third-order valence-electron chi connectivity index (χ3n) is 4.04. The van der Waals surface area contributed by atoms with Crippen molar-refractivity contribution < 1.29 is 32.6 Å². The molecule has 0 aliphatic rings. The van der Waals surface area contributed by atoms with Crippen molar-refractivity contribution in [1.82, 2.24) is 0 Å². The van der Waals surface area contributed by atoms with E-state index in [4.69, 9.17) is 9.47 Å². The van der Waals surface area contributed by atoms with Crippen LogP contribution < -0.4 is 14.8 Å². The van der Waals surface area contributed by atoms with Crippen molar-refractivity contribution in [1.29, 1.82) is 0 Å². The van der Waals surface area contributed by atoms with Crippen LogP contribution in [0.5, 0.6) is 11.5 Å². The van der Waals surface area contributed by atoms with E-state index in [2.05, 4.69) is 10.1 Å². The molecule has 0 unspecified atom stereocenters. The molecule has 0 aromatic heterocycles. The Bertz CT molecular complexity index is 1010. The van der Waals surface area contributed by atoms with Crippen LogP contribution in [0, 0.1) is 0 Å². The third-order valence-corrected chi connectivity index (χ3v) is 4.04. The van der Waals surface area contributed by atoms with Gasteiger partial charge in [0.15, 0.2) is 6.61 Å². The van der Waals surface area contributed by atoms with E-state index in [-0.39, 0.29) is 17.9 Å². The molecule has 0 radical (unpaired) electrons. The number of nitrogens with one attached hydrogen (secondary N) is 1. The monoisotopic (exact) mass is 427 g/mol. The Morgan fingerprint density at radius 1 is 0.871 bits per heavy atom. The maximum atomic E-state index is 12.4. The Hall–Kier alpha value is -3.94. The molecule has 0 saturated heterocycles. The first kappa shape index (κ1) is 21.8. The average molecular weight is 427 g/mol. The van der Waals surface area contributed by atoms with E-state index in [0.717, 1.165) is 5.56 Å². The topological polar surface area (TPSA) is 73.9 Å². The van der Waals surface area contributed by atoms with Crippen LogP contribution in [0.25, 0.3) is 0 Å². The smallest absolute Gasteiger partial charge is 0.387 e. The number of ether oxygens (including phenoxy) is 3. The summed E-state index contributed by atoms with van der Waals surface area (Å²) in [4.78, 5) is 24.4. The molecule has 0 atom stereocenters. The van der Waals surface area contributed by atoms with E-state index in [1.54, 1.807) is 24.3 Å². The van der Waals surface area contributed by atoms with E-state index >= 15 is 0 Å². The lowest BCUT2D eigenvalue weighted by Gasteiger charge is -2.11. The fourth-order valence-corrected chi connectivity index (χ4v) is 2.62. The standard InChI is InChI=1S/C23H19F2NO5/c24-23(25)31-18-12-10-17(11-13-18)26-21(27)15-30-22(28)19-8-4-5-9-20(19)29-14-16-6-2-1-3-7-16/h1-13,23H,14-15H2,(H,26,27). The summed E-state index contributed by atoms with van der Waals surface area (Å²) in [5.74, 6) is -0.990. The first-order valence-electron chi connectivity index (χ1n) is 9.29. The fraction of sp³-hybridized carbons (Fsp3) is 0.130. The third kappa shape index (κ3) is 6.81. The van der Waals surface area contributed by atoms with Crippen molar-refractivity contribution in [2.45, 2.75) is 13.2 Å². The summed E-state index contributed by atoms with van der Waals surface area (Å²) in [5.41, 5.74) is 1.48. The Kier molecular flexibility index (Phi) is 7.53. The number of amides is 1. The minimum atomic E-state index is -2.93. The molecular weight excluding hydrogens is 408 g/mol. The predicted octanol–water partition coefficient (Wildman–Crippen LogP) is 4.66. The maximum absolute atomic E-state index is 12.4. The van der Waals surface area contributed by atoms with Gasteiger partial charge in [0.1, 0.15) is 23.7 Å². The number of para-hydroxylation sites is 1. The van der Waals surface area contributed by atoms with Crippen molar-refractivity contribution in [2.75, 3.05) is 11.9 Å². The van der Waals surface area contributed by atoms with Gasteiger partial charge < -0.3 is 19.5 Å². The van der Waals surface area contributed by atoms with Crippen molar-refractivity contribution in [2.24, 2.45) is 0 Å². The number of hydrogen-bond donors (Lipinski definition) is 1. The van der Waals surface area contributed by atoms with E-state index in [0.29, 0.717) is 11.4 Å². The lowest BCUT2D eigenvalue weighted by atomic mass is 10.2. The second kappa shape index (κ2) is 10.7. The first-order chi connectivity index (χ1) is 15.0. The summed E-state index contributed by atoms with van der Waals surface area (Å²) in [5, 5.41) is 2.50. The summed E-state index contributed by atoms with van der Waals surface area (Å²) in [6.45, 7) is -3.18. The van der Waals surface area contributed by atoms with Crippen LogP contribution in [0.15, 0.2) is 78.9 Å². The highest BCUT2D eigenvalue weighted by Crippen LogP contribution is 2.21. The van der Waals surface area contributed by atoms with Gasteiger partial charge in [-0.25, -0.2) is 4.79 Å². The average Bonchev–Trinajstić information content (AvgIpc) is 2.78. The van der Waals surface area contributed by atoms with Gasteiger partial charge in [-0.3, -0.25) is 4.79 Å². The van der Waals surface area contributed by atoms with Gasteiger partial charge in [-0.05, 0) is 42.0 Å². The largest absolute Gasteiger partial charge is 0.488 e. The van der Waals surface area contributed by atoms with Crippen LogP contribution in [-0.4, -0.2) is 25.1 Å². The Balaban J connectivity index is 1.52. The van der Waals surface area contributed by atoms with E-state index in [1.165, 1.54) is 24.3 Å². The molecule has 0 heterocycles. The molecule has 0 spiro atoms. The number of halogens is 2. The number of benzene rings is 3. The zero-order valence-electron chi connectivity index (χ0n) is 16.3. The molecule has 31 heavy (non-hydrogen) atoms. The summed E-state index contributed by atoms with van der Waals surface area (Å²) < 4.78 is 39.4. The van der Waals surface area contributed by atoms with Crippen molar-refractivity contribution in [3.63, 3.8) is 0 Å². The van der Waals surface area contributed by atoms with Gasteiger partial charge >= 0.3 is 12.6 Å². The van der Waals surface area contributed by atoms with Crippen molar-refractivity contribution >= 4 is 17.6 Å². The Labute approximate surface area is 177 Å². The fourth-order valence-electron chi connectivity index (χ4n) is 2.62. The molecule has 0 bridgehead atoms. The van der Waals surface area contributed by atoms with Crippen molar-refractivity contribution in [3.8, 4) is 11.5 Å². The highest BCUT2D eigenvalue weighted by Gasteiger charge is 2.15. The molecule has 8 heteroatoms. The first-order valence-corrected chi connectivity index (χ1v) is 9.29. The number of rotatable bonds is 9. The van der Waals surface area contributed by atoms with Crippen molar-refractivity contribution in [3.05, 3.63) is 90.0 Å². The lowest BCUT2D eigenvalue weighted by molar-refractivity contribution is -0.119. The minimum Gasteiger partial charge on any atom is -0.488 e. The van der Waals surface area contributed by atoms with Crippen LogP contribution in [0.3, 0.4) is 0 Å². The minimum absolute atomic E-state index is 0.0356. The molecule has 0 saturated carbocycles. The summed E-state index contributed by atoms with van der Waals surface area (Å²) in [6, 6.07) is 21.4. The maximum Gasteiger partial charge on any atom is 0.387 e. The molecule has 3 rings (SSSR count).